The summed E-state index contributed by atoms with van der Waals surface area (Å²) in [5, 5.41) is 2.86. The molecule has 1 heterocycles. The number of anilines is 1. The van der Waals surface area contributed by atoms with E-state index in [1.165, 1.54) is 0 Å². The molecule has 1 aliphatic heterocycles. The number of fused-ring (bicyclic) bond motifs is 1. The number of rotatable bonds is 1. The van der Waals surface area contributed by atoms with E-state index in [9.17, 15) is 4.79 Å². The smallest absolute Gasteiger partial charge is 0.263 e. The zero-order valence-electron chi connectivity index (χ0n) is 11.1. The van der Waals surface area contributed by atoms with Gasteiger partial charge in [0.15, 0.2) is 6.17 Å². The Morgan fingerprint density at radius 1 is 1.10 bits per heavy atom. The number of nitrogens with two attached hydrogens (primary N) is 1. The van der Waals surface area contributed by atoms with Crippen LogP contribution in [0.5, 0.6) is 0 Å². The van der Waals surface area contributed by atoms with Gasteiger partial charge in [0.2, 0.25) is 0 Å². The molecule has 2 aromatic rings. The van der Waals surface area contributed by atoms with Crippen LogP contribution in [-0.2, 0) is 4.79 Å². The van der Waals surface area contributed by atoms with Crippen molar-refractivity contribution in [2.75, 3.05) is 5.32 Å². The van der Waals surface area contributed by atoms with Gasteiger partial charge >= 0.3 is 0 Å². The fourth-order valence-electron chi connectivity index (χ4n) is 2.32. The van der Waals surface area contributed by atoms with Crippen molar-refractivity contribution < 1.29 is 4.79 Å². The molecule has 0 saturated carbocycles. The Hall–Kier alpha value is -2.46. The fraction of sp³-hybridized carbons (Fsp3) is 0.125. The van der Waals surface area contributed by atoms with Crippen LogP contribution in [0.2, 0.25) is 0 Å². The van der Waals surface area contributed by atoms with Crippen molar-refractivity contribution in [3.8, 4) is 0 Å². The second kappa shape index (κ2) is 4.90. The number of benzodiazepines with no additional fused rings is 1. The number of nitrogens with zero attached hydrogens (tertiary/aromatic N) is 1. The van der Waals surface area contributed by atoms with E-state index in [0.717, 1.165) is 28.1 Å². The highest BCUT2D eigenvalue weighted by atomic mass is 16.2. The van der Waals surface area contributed by atoms with Gasteiger partial charge in [0.1, 0.15) is 0 Å². The number of amides is 1. The molecule has 0 spiro atoms. The summed E-state index contributed by atoms with van der Waals surface area (Å²) in [4.78, 5) is 16.4. The zero-order chi connectivity index (χ0) is 14.1. The Morgan fingerprint density at radius 2 is 1.85 bits per heavy atom. The third kappa shape index (κ3) is 2.10. The highest BCUT2D eigenvalue weighted by molar-refractivity contribution is 6.19. The molecule has 1 atom stereocenters. The molecule has 3 rings (SSSR count). The Labute approximate surface area is 117 Å². The van der Waals surface area contributed by atoms with Crippen LogP contribution in [0, 0.1) is 6.92 Å². The Morgan fingerprint density at radius 3 is 2.60 bits per heavy atom. The first-order valence-corrected chi connectivity index (χ1v) is 6.46. The molecule has 3 N–H and O–H groups in total. The number of aryl methyl sites for hydroxylation is 1. The summed E-state index contributed by atoms with van der Waals surface area (Å²) in [7, 11) is 0. The number of nitrogens with one attached hydrogen (secondary N) is 1. The van der Waals surface area contributed by atoms with Crippen LogP contribution in [0.4, 0.5) is 5.69 Å². The molecule has 2 aromatic carbocycles. The molecule has 0 fully saturated rings. The molecule has 0 aliphatic carbocycles. The minimum atomic E-state index is -0.892. The number of benzene rings is 2. The molecule has 0 saturated heterocycles. The van der Waals surface area contributed by atoms with Crippen molar-refractivity contribution in [2.45, 2.75) is 13.1 Å². The monoisotopic (exact) mass is 265 g/mol. The molecule has 0 bridgehead atoms. The molecule has 1 aliphatic rings. The van der Waals surface area contributed by atoms with E-state index in [1.54, 1.807) is 0 Å². The van der Waals surface area contributed by atoms with Gasteiger partial charge in [0, 0.05) is 11.1 Å². The standard InChI is InChI=1S/C16H15N3O/c1-10-6-5-9-12-13(10)19-16(20)15(17)18-14(12)11-7-3-2-4-8-11/h2-9,15H,17H2,1H3,(H,19,20)/t15-/m0/s1. The largest absolute Gasteiger partial charge is 0.322 e. The summed E-state index contributed by atoms with van der Waals surface area (Å²) in [5.74, 6) is -0.286. The molecular weight excluding hydrogens is 250 g/mol. The minimum absolute atomic E-state index is 0.286. The van der Waals surface area contributed by atoms with Gasteiger partial charge in [-0.2, -0.15) is 0 Å². The summed E-state index contributed by atoms with van der Waals surface area (Å²) in [5.41, 5.74) is 10.2. The van der Waals surface area contributed by atoms with Crippen LogP contribution in [-0.4, -0.2) is 17.8 Å². The highest BCUT2D eigenvalue weighted by Gasteiger charge is 2.23. The number of aliphatic imine (C=N–C) groups is 1. The average Bonchev–Trinajstić information content (AvgIpc) is 2.59. The van der Waals surface area contributed by atoms with Crippen molar-refractivity contribution in [1.82, 2.24) is 0 Å². The summed E-state index contributed by atoms with van der Waals surface area (Å²) in [6.07, 6.45) is -0.892. The van der Waals surface area contributed by atoms with Gasteiger partial charge in [-0.3, -0.25) is 9.79 Å². The minimum Gasteiger partial charge on any atom is -0.322 e. The van der Waals surface area contributed by atoms with Crippen molar-refractivity contribution in [2.24, 2.45) is 10.7 Å². The van der Waals surface area contributed by atoms with E-state index >= 15 is 0 Å². The number of carbonyl (C=O) groups excluding carboxylic acids is 1. The van der Waals surface area contributed by atoms with Crippen LogP contribution in [0.1, 0.15) is 16.7 Å². The predicted molar refractivity (Wildman–Crippen MR) is 79.9 cm³/mol. The van der Waals surface area contributed by atoms with Crippen molar-refractivity contribution in [3.63, 3.8) is 0 Å². The molecule has 0 aromatic heterocycles. The Kier molecular flexibility index (Phi) is 3.08. The van der Waals surface area contributed by atoms with Crippen molar-refractivity contribution >= 4 is 17.3 Å². The summed E-state index contributed by atoms with van der Waals surface area (Å²) in [6, 6.07) is 15.6. The van der Waals surface area contributed by atoms with E-state index in [1.807, 2.05) is 55.5 Å². The predicted octanol–water partition coefficient (Wildman–Crippen LogP) is 2.07. The van der Waals surface area contributed by atoms with Crippen LogP contribution >= 0.6 is 0 Å². The normalized spacial score (nSPS) is 17.8. The number of hydrogen-bond donors (Lipinski definition) is 2. The van der Waals surface area contributed by atoms with E-state index in [-0.39, 0.29) is 5.91 Å². The van der Waals surface area contributed by atoms with Crippen LogP contribution < -0.4 is 11.1 Å². The topological polar surface area (TPSA) is 67.5 Å². The third-order valence-corrected chi connectivity index (χ3v) is 3.36. The number of hydrogen-bond acceptors (Lipinski definition) is 3. The Balaban J connectivity index is 2.25. The zero-order valence-corrected chi connectivity index (χ0v) is 11.1. The lowest BCUT2D eigenvalue weighted by atomic mass is 9.98. The third-order valence-electron chi connectivity index (χ3n) is 3.36. The van der Waals surface area contributed by atoms with Gasteiger partial charge in [-0.15, -0.1) is 0 Å². The van der Waals surface area contributed by atoms with Gasteiger partial charge in [-0.25, -0.2) is 0 Å². The van der Waals surface area contributed by atoms with Crippen molar-refractivity contribution in [3.05, 3.63) is 65.2 Å². The van der Waals surface area contributed by atoms with Gasteiger partial charge in [0.05, 0.1) is 11.4 Å². The van der Waals surface area contributed by atoms with Crippen LogP contribution in [0.3, 0.4) is 0 Å². The van der Waals surface area contributed by atoms with Crippen LogP contribution in [0.25, 0.3) is 0 Å². The van der Waals surface area contributed by atoms with E-state index in [2.05, 4.69) is 10.3 Å². The molecule has 20 heavy (non-hydrogen) atoms. The first-order valence-electron chi connectivity index (χ1n) is 6.46. The molecule has 0 unspecified atom stereocenters. The highest BCUT2D eigenvalue weighted by Crippen LogP contribution is 2.26. The maximum atomic E-state index is 12.0. The molecule has 4 heteroatoms. The fourth-order valence-corrected chi connectivity index (χ4v) is 2.32. The first kappa shape index (κ1) is 12.6. The van der Waals surface area contributed by atoms with Gasteiger partial charge in [-0.05, 0) is 12.5 Å². The van der Waals surface area contributed by atoms with Gasteiger partial charge in [0.25, 0.3) is 5.91 Å². The lowest BCUT2D eigenvalue weighted by Gasteiger charge is -2.12. The summed E-state index contributed by atoms with van der Waals surface area (Å²) in [6.45, 7) is 1.96. The van der Waals surface area contributed by atoms with Crippen molar-refractivity contribution in [1.29, 1.82) is 0 Å². The maximum Gasteiger partial charge on any atom is 0.263 e. The van der Waals surface area contributed by atoms with Gasteiger partial charge in [-0.1, -0.05) is 48.5 Å². The second-order valence-electron chi connectivity index (χ2n) is 4.78. The van der Waals surface area contributed by atoms with Crippen LogP contribution in [0.15, 0.2) is 53.5 Å². The molecule has 4 nitrogen and oxygen atoms in total. The SMILES string of the molecule is Cc1cccc2c1NC(=O)[C@@H](N)N=C2c1ccccc1. The summed E-state index contributed by atoms with van der Waals surface area (Å²) < 4.78 is 0. The van der Waals surface area contributed by atoms with E-state index in [0.29, 0.717) is 0 Å². The molecule has 1 amide bonds. The second-order valence-corrected chi connectivity index (χ2v) is 4.78. The molecule has 0 radical (unpaired) electrons. The van der Waals surface area contributed by atoms with E-state index in [4.69, 9.17) is 5.73 Å². The lowest BCUT2D eigenvalue weighted by Crippen LogP contribution is -2.33. The van der Waals surface area contributed by atoms with E-state index < -0.39 is 6.17 Å². The maximum absolute atomic E-state index is 12.0. The summed E-state index contributed by atoms with van der Waals surface area (Å²) >= 11 is 0. The lowest BCUT2D eigenvalue weighted by molar-refractivity contribution is -0.117. The first-order chi connectivity index (χ1) is 9.66. The number of carbonyl (C=O) groups is 1. The molecular formula is C16H15N3O. The average molecular weight is 265 g/mol. The Bertz CT molecular complexity index is 692. The quantitative estimate of drug-likeness (QED) is 0.828. The van der Waals surface area contributed by atoms with Gasteiger partial charge < -0.3 is 11.1 Å². The molecule has 100 valence electrons. The number of para-hydroxylation sites is 1.